The minimum atomic E-state index is 0.00736. The first-order valence-corrected chi connectivity index (χ1v) is 3.95. The van der Waals surface area contributed by atoms with Gasteiger partial charge in [-0.1, -0.05) is 6.92 Å². The van der Waals surface area contributed by atoms with Crippen LogP contribution in [0.2, 0.25) is 0 Å². The zero-order valence-electron chi connectivity index (χ0n) is 7.63. The Labute approximate surface area is 67.4 Å². The van der Waals surface area contributed by atoms with Crippen molar-refractivity contribution in [3.63, 3.8) is 0 Å². The molecule has 0 aromatic carbocycles. The third-order valence-corrected chi connectivity index (χ3v) is 1.50. The third-order valence-electron chi connectivity index (χ3n) is 1.50. The molecule has 1 aromatic heterocycles. The highest BCUT2D eigenvalue weighted by Crippen LogP contribution is 2.09. The van der Waals surface area contributed by atoms with E-state index in [0.717, 1.165) is 12.1 Å². The number of aryl methyl sites for hydroxylation is 1. The molecule has 0 saturated heterocycles. The molecular formula is C8H15N3. The van der Waals surface area contributed by atoms with Crippen molar-refractivity contribution in [3.8, 4) is 0 Å². The molecule has 62 valence electrons. The fourth-order valence-electron chi connectivity index (χ4n) is 0.780. The fraction of sp³-hybridized carbons (Fsp3) is 0.750. The molecule has 0 aliphatic carbocycles. The highest BCUT2D eigenvalue weighted by atomic mass is 15.5. The normalized spacial score (nSPS) is 12.0. The first kappa shape index (κ1) is 8.24. The zero-order valence-corrected chi connectivity index (χ0v) is 7.63. The molecule has 1 heterocycles. The van der Waals surface area contributed by atoms with Gasteiger partial charge >= 0.3 is 0 Å². The van der Waals surface area contributed by atoms with Crippen LogP contribution >= 0.6 is 0 Å². The molecule has 0 aliphatic heterocycles. The van der Waals surface area contributed by atoms with Gasteiger partial charge in [0.2, 0.25) is 0 Å². The molecule has 0 spiro atoms. The third kappa shape index (κ3) is 1.79. The summed E-state index contributed by atoms with van der Waals surface area (Å²) in [7, 11) is 0. The molecule has 0 aliphatic rings. The van der Waals surface area contributed by atoms with Crippen molar-refractivity contribution in [2.45, 2.75) is 39.7 Å². The Bertz CT molecular complexity index is 232. The Hall–Kier alpha value is -0.860. The summed E-state index contributed by atoms with van der Waals surface area (Å²) in [5, 5.41) is 8.47. The molecule has 0 unspecified atom stereocenters. The van der Waals surface area contributed by atoms with E-state index in [1.54, 1.807) is 4.80 Å². The van der Waals surface area contributed by atoms with E-state index in [1.165, 1.54) is 0 Å². The molecule has 3 heteroatoms. The Morgan fingerprint density at radius 1 is 1.45 bits per heavy atom. The van der Waals surface area contributed by atoms with Gasteiger partial charge in [0.1, 0.15) is 0 Å². The second-order valence-electron chi connectivity index (χ2n) is 3.65. The highest BCUT2D eigenvalue weighted by Gasteiger charge is 2.14. The average Bonchev–Trinajstić information content (AvgIpc) is 2.32. The van der Waals surface area contributed by atoms with Gasteiger partial charge in [-0.3, -0.25) is 0 Å². The van der Waals surface area contributed by atoms with E-state index in [-0.39, 0.29) is 5.54 Å². The van der Waals surface area contributed by atoms with Gasteiger partial charge in [0.15, 0.2) is 0 Å². The topological polar surface area (TPSA) is 30.7 Å². The van der Waals surface area contributed by atoms with Crippen molar-refractivity contribution in [1.29, 1.82) is 0 Å². The van der Waals surface area contributed by atoms with Crippen LogP contribution in [0.5, 0.6) is 0 Å². The van der Waals surface area contributed by atoms with Gasteiger partial charge in [-0.25, -0.2) is 0 Å². The standard InChI is InChI=1S/C8H15N3/c1-5-7-6-9-11(10-7)8(2,3)4/h6H,5H2,1-4H3. The summed E-state index contributed by atoms with van der Waals surface area (Å²) in [5.74, 6) is 0. The van der Waals surface area contributed by atoms with E-state index in [9.17, 15) is 0 Å². The summed E-state index contributed by atoms with van der Waals surface area (Å²) in [6.07, 6.45) is 2.78. The van der Waals surface area contributed by atoms with Crippen LogP contribution in [0.25, 0.3) is 0 Å². The van der Waals surface area contributed by atoms with E-state index in [4.69, 9.17) is 0 Å². The second-order valence-corrected chi connectivity index (χ2v) is 3.65. The average molecular weight is 153 g/mol. The Balaban J connectivity index is 2.89. The Morgan fingerprint density at radius 2 is 2.09 bits per heavy atom. The molecule has 0 saturated carbocycles. The lowest BCUT2D eigenvalue weighted by Crippen LogP contribution is -2.24. The SMILES string of the molecule is CCc1cnn(C(C)(C)C)n1. The maximum atomic E-state index is 4.31. The fourth-order valence-corrected chi connectivity index (χ4v) is 0.780. The molecule has 0 radical (unpaired) electrons. The molecule has 11 heavy (non-hydrogen) atoms. The van der Waals surface area contributed by atoms with Crippen molar-refractivity contribution < 1.29 is 0 Å². The number of rotatable bonds is 1. The monoisotopic (exact) mass is 153 g/mol. The number of hydrogen-bond donors (Lipinski definition) is 0. The van der Waals surface area contributed by atoms with Gasteiger partial charge in [0, 0.05) is 0 Å². The summed E-state index contributed by atoms with van der Waals surface area (Å²) >= 11 is 0. The lowest BCUT2D eigenvalue weighted by Gasteiger charge is -2.16. The van der Waals surface area contributed by atoms with E-state index in [2.05, 4.69) is 37.9 Å². The summed E-state index contributed by atoms with van der Waals surface area (Å²) in [6, 6.07) is 0. The predicted octanol–water partition coefficient (Wildman–Crippen LogP) is 1.60. The summed E-state index contributed by atoms with van der Waals surface area (Å²) in [6.45, 7) is 8.35. The zero-order chi connectivity index (χ0) is 8.48. The van der Waals surface area contributed by atoms with Crippen LogP contribution in [0.1, 0.15) is 33.4 Å². The largest absolute Gasteiger partial charge is 0.179 e. The van der Waals surface area contributed by atoms with Crippen molar-refractivity contribution in [1.82, 2.24) is 15.0 Å². The first-order valence-electron chi connectivity index (χ1n) is 3.95. The van der Waals surface area contributed by atoms with E-state index < -0.39 is 0 Å². The maximum absolute atomic E-state index is 4.31. The predicted molar refractivity (Wildman–Crippen MR) is 44.4 cm³/mol. The van der Waals surface area contributed by atoms with Crippen LogP contribution in [0, 0.1) is 0 Å². The summed E-state index contributed by atoms with van der Waals surface area (Å²) < 4.78 is 0. The molecule has 0 bridgehead atoms. The van der Waals surface area contributed by atoms with Gasteiger partial charge in [0.05, 0.1) is 17.4 Å². The number of nitrogens with zero attached hydrogens (tertiary/aromatic N) is 3. The first-order chi connectivity index (χ1) is 5.04. The van der Waals surface area contributed by atoms with Gasteiger partial charge in [-0.05, 0) is 27.2 Å². The molecule has 1 aromatic rings. The second kappa shape index (κ2) is 2.64. The van der Waals surface area contributed by atoms with Gasteiger partial charge in [0.25, 0.3) is 0 Å². The van der Waals surface area contributed by atoms with Crippen LogP contribution in [0.15, 0.2) is 6.20 Å². The minimum Gasteiger partial charge on any atom is -0.179 e. The van der Waals surface area contributed by atoms with Crippen LogP contribution < -0.4 is 0 Å². The van der Waals surface area contributed by atoms with Crippen LogP contribution in [0.4, 0.5) is 0 Å². The van der Waals surface area contributed by atoms with E-state index in [1.807, 2.05) is 6.20 Å². The summed E-state index contributed by atoms with van der Waals surface area (Å²) in [4.78, 5) is 1.76. The molecule has 3 nitrogen and oxygen atoms in total. The van der Waals surface area contributed by atoms with E-state index in [0.29, 0.717) is 0 Å². The van der Waals surface area contributed by atoms with Crippen LogP contribution in [-0.4, -0.2) is 15.0 Å². The minimum absolute atomic E-state index is 0.00736. The molecule has 1 rings (SSSR count). The lowest BCUT2D eigenvalue weighted by molar-refractivity contribution is 0.311. The maximum Gasteiger partial charge on any atom is 0.0824 e. The lowest BCUT2D eigenvalue weighted by atomic mass is 10.1. The molecule has 0 fully saturated rings. The van der Waals surface area contributed by atoms with Gasteiger partial charge in [-0.15, -0.1) is 0 Å². The van der Waals surface area contributed by atoms with Gasteiger partial charge < -0.3 is 0 Å². The number of aromatic nitrogens is 3. The Kier molecular flexibility index (Phi) is 1.98. The molecule has 0 amide bonds. The van der Waals surface area contributed by atoms with Crippen molar-refractivity contribution >= 4 is 0 Å². The van der Waals surface area contributed by atoms with Crippen LogP contribution in [-0.2, 0) is 12.0 Å². The van der Waals surface area contributed by atoms with Crippen molar-refractivity contribution in [3.05, 3.63) is 11.9 Å². The van der Waals surface area contributed by atoms with Crippen LogP contribution in [0.3, 0.4) is 0 Å². The van der Waals surface area contributed by atoms with E-state index >= 15 is 0 Å². The smallest absolute Gasteiger partial charge is 0.0824 e. The molecule has 0 N–H and O–H groups in total. The quantitative estimate of drug-likeness (QED) is 0.613. The van der Waals surface area contributed by atoms with Crippen molar-refractivity contribution in [2.24, 2.45) is 0 Å². The van der Waals surface area contributed by atoms with Crippen molar-refractivity contribution in [2.75, 3.05) is 0 Å². The molecule has 0 atom stereocenters. The number of hydrogen-bond acceptors (Lipinski definition) is 2. The Morgan fingerprint density at radius 3 is 2.36 bits per heavy atom. The van der Waals surface area contributed by atoms with Gasteiger partial charge in [-0.2, -0.15) is 15.0 Å². The highest BCUT2D eigenvalue weighted by molar-refractivity contribution is 4.90. The summed E-state index contributed by atoms with van der Waals surface area (Å²) in [5.41, 5.74) is 1.06. The molecular weight excluding hydrogens is 138 g/mol.